The fourth-order valence-corrected chi connectivity index (χ4v) is 4.88. The number of fused-ring (bicyclic) bond motifs is 1. The quantitative estimate of drug-likeness (QED) is 0.433. The largest absolute Gasteiger partial charge is 0.611 e. The van der Waals surface area contributed by atoms with Gasteiger partial charge in [0.2, 0.25) is 0 Å². The summed E-state index contributed by atoms with van der Waals surface area (Å²) >= 11 is -0.900. The van der Waals surface area contributed by atoms with Crippen molar-refractivity contribution in [3.8, 4) is 0 Å². The van der Waals surface area contributed by atoms with Crippen LogP contribution in [-0.2, 0) is 24.1 Å². The van der Waals surface area contributed by atoms with Gasteiger partial charge in [-0.2, -0.15) is 0 Å². The first-order valence-corrected chi connectivity index (χ1v) is 11.5. The minimum atomic E-state index is -0.900. The molecular formula is C22H28N4OS. The lowest BCUT2D eigenvalue weighted by atomic mass is 10.2. The summed E-state index contributed by atoms with van der Waals surface area (Å²) in [5.41, 5.74) is 9.21. The van der Waals surface area contributed by atoms with Gasteiger partial charge in [0.1, 0.15) is 17.1 Å². The molecule has 2 N–H and O–H groups in total. The van der Waals surface area contributed by atoms with Crippen LogP contribution < -0.4 is 5.73 Å². The summed E-state index contributed by atoms with van der Waals surface area (Å²) in [6.45, 7) is 3.01. The van der Waals surface area contributed by atoms with Gasteiger partial charge in [0.05, 0.1) is 5.52 Å². The lowest BCUT2D eigenvalue weighted by Gasteiger charge is -2.12. The maximum Gasteiger partial charge on any atom is 0.152 e. The predicted molar refractivity (Wildman–Crippen MR) is 115 cm³/mol. The van der Waals surface area contributed by atoms with Gasteiger partial charge in [0.25, 0.3) is 0 Å². The molecule has 4 rings (SSSR count). The molecule has 1 saturated carbocycles. The molecule has 0 bridgehead atoms. The number of benzene rings is 1. The third-order valence-corrected chi connectivity index (χ3v) is 6.90. The van der Waals surface area contributed by atoms with E-state index in [9.17, 15) is 4.55 Å². The Morgan fingerprint density at radius 2 is 1.96 bits per heavy atom. The normalized spacial score (nSPS) is 15.2. The van der Waals surface area contributed by atoms with E-state index in [1.807, 2.05) is 36.5 Å². The molecule has 0 radical (unpaired) electrons. The summed E-state index contributed by atoms with van der Waals surface area (Å²) < 4.78 is 14.7. The number of nitrogens with zero attached hydrogens (tertiary/aromatic N) is 3. The number of nitrogens with two attached hydrogens (primary N) is 1. The molecule has 1 atom stereocenters. The minimum absolute atomic E-state index is 0.523. The highest BCUT2D eigenvalue weighted by Crippen LogP contribution is 2.34. The second-order valence-electron chi connectivity index (χ2n) is 7.77. The third-order valence-electron chi connectivity index (χ3n) is 5.45. The summed E-state index contributed by atoms with van der Waals surface area (Å²) in [4.78, 5) is 10.1. The second kappa shape index (κ2) is 8.53. The average Bonchev–Trinajstić information content (AvgIpc) is 3.45. The molecule has 1 unspecified atom stereocenters. The van der Waals surface area contributed by atoms with Crippen molar-refractivity contribution in [2.24, 2.45) is 5.92 Å². The van der Waals surface area contributed by atoms with E-state index in [-0.39, 0.29) is 0 Å². The van der Waals surface area contributed by atoms with Crippen LogP contribution in [0.1, 0.15) is 43.5 Å². The molecule has 1 aliphatic carbocycles. The summed E-state index contributed by atoms with van der Waals surface area (Å²) in [6.07, 6.45) is 8.57. The van der Waals surface area contributed by atoms with Crippen LogP contribution in [0.4, 0.5) is 5.82 Å². The van der Waals surface area contributed by atoms with Gasteiger partial charge < -0.3 is 14.9 Å². The monoisotopic (exact) mass is 396 g/mol. The number of hydrogen-bond donors (Lipinski definition) is 1. The molecule has 1 aromatic carbocycles. The molecule has 0 spiro atoms. The number of rotatable bonds is 9. The highest BCUT2D eigenvalue weighted by Gasteiger charge is 2.25. The molecule has 5 nitrogen and oxygen atoms in total. The Morgan fingerprint density at radius 1 is 1.18 bits per heavy atom. The first-order chi connectivity index (χ1) is 13.6. The Labute approximate surface area is 169 Å². The zero-order valence-corrected chi connectivity index (χ0v) is 17.3. The molecule has 0 aliphatic heterocycles. The Bertz CT molecular complexity index is 937. The van der Waals surface area contributed by atoms with Gasteiger partial charge in [-0.1, -0.05) is 18.2 Å². The van der Waals surface area contributed by atoms with Crippen LogP contribution in [0, 0.1) is 12.8 Å². The first kappa shape index (κ1) is 19.3. The predicted octanol–water partition coefficient (Wildman–Crippen LogP) is 4.25. The third kappa shape index (κ3) is 4.33. The molecule has 28 heavy (non-hydrogen) atoms. The van der Waals surface area contributed by atoms with Crippen LogP contribution in [0.15, 0.2) is 41.4 Å². The molecule has 0 amide bonds. The molecule has 1 fully saturated rings. The number of pyridine rings is 1. The Morgan fingerprint density at radius 3 is 2.71 bits per heavy atom. The van der Waals surface area contributed by atoms with Gasteiger partial charge in [-0.05, 0) is 73.8 Å². The van der Waals surface area contributed by atoms with Crippen molar-refractivity contribution in [1.29, 1.82) is 0 Å². The number of nitrogen functional groups attached to an aromatic ring is 1. The van der Waals surface area contributed by atoms with E-state index in [0.29, 0.717) is 5.82 Å². The molecule has 6 heteroatoms. The van der Waals surface area contributed by atoms with Crippen molar-refractivity contribution in [1.82, 2.24) is 14.5 Å². The van der Waals surface area contributed by atoms with Gasteiger partial charge >= 0.3 is 0 Å². The van der Waals surface area contributed by atoms with Crippen LogP contribution in [0.2, 0.25) is 0 Å². The van der Waals surface area contributed by atoms with E-state index in [2.05, 4.69) is 16.5 Å². The fraction of sp³-hybridized carbons (Fsp3) is 0.455. The maximum atomic E-state index is 12.4. The van der Waals surface area contributed by atoms with E-state index < -0.39 is 11.2 Å². The zero-order valence-electron chi connectivity index (χ0n) is 16.4. The minimum Gasteiger partial charge on any atom is -0.611 e. The first-order valence-electron chi connectivity index (χ1n) is 10.2. The van der Waals surface area contributed by atoms with E-state index >= 15 is 0 Å². The lowest BCUT2D eigenvalue weighted by molar-refractivity contribution is 0.568. The molecule has 3 aromatic rings. The van der Waals surface area contributed by atoms with E-state index in [4.69, 9.17) is 10.7 Å². The van der Waals surface area contributed by atoms with E-state index in [0.717, 1.165) is 71.2 Å². The van der Waals surface area contributed by atoms with Crippen molar-refractivity contribution < 1.29 is 4.55 Å². The van der Waals surface area contributed by atoms with Gasteiger partial charge in [-0.15, -0.1) is 0 Å². The number of unbranched alkanes of at least 4 members (excludes halogenated alkanes) is 2. The van der Waals surface area contributed by atoms with Gasteiger partial charge in [-0.3, -0.25) is 0 Å². The fourth-order valence-electron chi connectivity index (χ4n) is 3.71. The van der Waals surface area contributed by atoms with Gasteiger partial charge in [-0.25, -0.2) is 9.97 Å². The topological polar surface area (TPSA) is 79.8 Å². The molecular weight excluding hydrogens is 368 g/mol. The maximum absolute atomic E-state index is 12.4. The van der Waals surface area contributed by atoms with Crippen molar-refractivity contribution >= 4 is 28.0 Å². The van der Waals surface area contributed by atoms with Crippen LogP contribution in [0.25, 0.3) is 11.0 Å². The average molecular weight is 397 g/mol. The van der Waals surface area contributed by atoms with Crippen LogP contribution in [0.5, 0.6) is 0 Å². The second-order valence-corrected chi connectivity index (χ2v) is 9.34. The van der Waals surface area contributed by atoms with Gasteiger partial charge in [0, 0.05) is 19.2 Å². The number of aromatic nitrogens is 3. The number of aryl methyl sites for hydroxylation is 2. The number of hydrogen-bond acceptors (Lipinski definition) is 4. The molecule has 1 aliphatic rings. The Balaban J connectivity index is 1.39. The highest BCUT2D eigenvalue weighted by atomic mass is 32.2. The summed E-state index contributed by atoms with van der Waals surface area (Å²) in [7, 11) is 0. The Kier molecular flexibility index (Phi) is 5.87. The van der Waals surface area contributed by atoms with Gasteiger partial charge in [0.15, 0.2) is 10.7 Å². The molecule has 148 valence electrons. The molecule has 0 saturated heterocycles. The number of imidazole rings is 1. The summed E-state index contributed by atoms with van der Waals surface area (Å²) in [5.74, 6) is 3.17. The standard InChI is InChI=1S/C22H28N4OS/c1-16-15-24-22(23)20-21(16)26(19(25-20)14-17-10-11-17)12-6-3-7-13-28(27)18-8-4-2-5-9-18/h2,4-5,8-9,15,17H,3,6-7,10-14H2,1H3,(H2,23,24). The highest BCUT2D eigenvalue weighted by molar-refractivity contribution is 7.91. The smallest absolute Gasteiger partial charge is 0.152 e. The van der Waals surface area contributed by atoms with E-state index in [1.54, 1.807) is 0 Å². The molecule has 2 aromatic heterocycles. The lowest BCUT2D eigenvalue weighted by Crippen LogP contribution is -2.08. The SMILES string of the molecule is Cc1cnc(N)c2nc(CC3CC3)n(CCCCC[S+]([O-])c3ccccc3)c12. The van der Waals surface area contributed by atoms with Crippen LogP contribution in [-0.4, -0.2) is 24.8 Å². The number of anilines is 1. The van der Waals surface area contributed by atoms with Crippen molar-refractivity contribution in [2.45, 2.75) is 56.9 Å². The zero-order chi connectivity index (χ0) is 19.5. The van der Waals surface area contributed by atoms with Crippen molar-refractivity contribution in [2.75, 3.05) is 11.5 Å². The summed E-state index contributed by atoms with van der Waals surface area (Å²) in [6, 6.07) is 9.74. The van der Waals surface area contributed by atoms with Crippen molar-refractivity contribution in [3.63, 3.8) is 0 Å². The van der Waals surface area contributed by atoms with E-state index in [1.165, 1.54) is 12.8 Å². The van der Waals surface area contributed by atoms with Crippen LogP contribution in [0.3, 0.4) is 0 Å². The Hall–Kier alpha value is -2.05. The molecule has 2 heterocycles. The summed E-state index contributed by atoms with van der Waals surface area (Å²) in [5, 5.41) is 0. The van der Waals surface area contributed by atoms with Crippen LogP contribution >= 0.6 is 0 Å². The van der Waals surface area contributed by atoms with Crippen molar-refractivity contribution in [3.05, 3.63) is 47.9 Å².